The molecule has 0 aromatic heterocycles. The van der Waals surface area contributed by atoms with Crippen LogP contribution in [0.5, 0.6) is 0 Å². The Morgan fingerprint density at radius 2 is 2.05 bits per heavy atom. The standard InChI is InChI=1S/C15H27NO4/c1-10(2)15(19,11(3)17)14(18)20-9-12-6-8-16-7-4-5-13(12)16/h10-13,17,19H,4-9H2,1-3H3/t11-,12-,13-,15-/m0/s1. The second-order valence-corrected chi connectivity index (χ2v) is 6.55. The molecule has 2 aliphatic rings. The number of aliphatic hydroxyl groups is 2. The number of aliphatic hydroxyl groups excluding tert-OH is 1. The van der Waals surface area contributed by atoms with Crippen LogP contribution in [0.3, 0.4) is 0 Å². The zero-order chi connectivity index (χ0) is 14.9. The Kier molecular flexibility index (Phi) is 4.72. The highest BCUT2D eigenvalue weighted by Crippen LogP contribution is 2.33. The third-order valence-electron chi connectivity index (χ3n) is 5.02. The van der Waals surface area contributed by atoms with Crippen LogP contribution in [0.15, 0.2) is 0 Å². The normalized spacial score (nSPS) is 31.1. The molecule has 20 heavy (non-hydrogen) atoms. The van der Waals surface area contributed by atoms with Gasteiger partial charge in [0.05, 0.1) is 12.7 Å². The number of hydrogen-bond donors (Lipinski definition) is 2. The average molecular weight is 285 g/mol. The molecule has 0 spiro atoms. The van der Waals surface area contributed by atoms with Crippen LogP contribution in [-0.4, -0.2) is 58.5 Å². The van der Waals surface area contributed by atoms with Gasteiger partial charge in [0.25, 0.3) is 0 Å². The third-order valence-corrected chi connectivity index (χ3v) is 5.02. The predicted molar refractivity (Wildman–Crippen MR) is 75.1 cm³/mol. The van der Waals surface area contributed by atoms with Gasteiger partial charge in [0.2, 0.25) is 0 Å². The van der Waals surface area contributed by atoms with E-state index in [1.165, 1.54) is 19.8 Å². The molecule has 116 valence electrons. The largest absolute Gasteiger partial charge is 0.463 e. The van der Waals surface area contributed by atoms with Crippen molar-refractivity contribution in [3.8, 4) is 0 Å². The van der Waals surface area contributed by atoms with Crippen LogP contribution in [-0.2, 0) is 9.53 Å². The molecular weight excluding hydrogens is 258 g/mol. The number of ether oxygens (including phenoxy) is 1. The molecule has 0 bridgehead atoms. The van der Waals surface area contributed by atoms with E-state index >= 15 is 0 Å². The summed E-state index contributed by atoms with van der Waals surface area (Å²) in [5.41, 5.74) is -1.81. The van der Waals surface area contributed by atoms with E-state index in [2.05, 4.69) is 4.90 Å². The van der Waals surface area contributed by atoms with Crippen molar-refractivity contribution in [1.82, 2.24) is 4.90 Å². The van der Waals surface area contributed by atoms with Crippen LogP contribution in [0.4, 0.5) is 0 Å². The number of fused-ring (bicyclic) bond motifs is 1. The molecule has 0 radical (unpaired) electrons. The van der Waals surface area contributed by atoms with Crippen LogP contribution >= 0.6 is 0 Å². The molecule has 2 N–H and O–H groups in total. The van der Waals surface area contributed by atoms with E-state index in [1.807, 2.05) is 0 Å². The highest BCUT2D eigenvalue weighted by atomic mass is 16.6. The van der Waals surface area contributed by atoms with Gasteiger partial charge in [-0.25, -0.2) is 4.79 Å². The molecule has 2 fully saturated rings. The van der Waals surface area contributed by atoms with Gasteiger partial charge in [-0.2, -0.15) is 0 Å². The zero-order valence-corrected chi connectivity index (χ0v) is 12.7. The van der Waals surface area contributed by atoms with Crippen molar-refractivity contribution in [2.45, 2.75) is 57.8 Å². The molecular formula is C15H27NO4. The first-order valence-corrected chi connectivity index (χ1v) is 7.69. The lowest BCUT2D eigenvalue weighted by Crippen LogP contribution is -2.53. The van der Waals surface area contributed by atoms with Crippen molar-refractivity contribution in [2.24, 2.45) is 11.8 Å². The molecule has 2 aliphatic heterocycles. The monoisotopic (exact) mass is 285 g/mol. The summed E-state index contributed by atoms with van der Waals surface area (Å²) in [7, 11) is 0. The van der Waals surface area contributed by atoms with Gasteiger partial charge in [0.1, 0.15) is 0 Å². The van der Waals surface area contributed by atoms with Crippen molar-refractivity contribution in [2.75, 3.05) is 19.7 Å². The third kappa shape index (κ3) is 2.71. The molecule has 2 heterocycles. The van der Waals surface area contributed by atoms with Crippen LogP contribution in [0, 0.1) is 11.8 Å². The summed E-state index contributed by atoms with van der Waals surface area (Å²) in [6.07, 6.45) is 2.31. The van der Waals surface area contributed by atoms with Gasteiger partial charge in [-0.15, -0.1) is 0 Å². The highest BCUT2D eigenvalue weighted by molar-refractivity contribution is 5.80. The van der Waals surface area contributed by atoms with E-state index in [0.717, 1.165) is 19.5 Å². The maximum Gasteiger partial charge on any atom is 0.341 e. The van der Waals surface area contributed by atoms with Crippen LogP contribution in [0.2, 0.25) is 0 Å². The Balaban J connectivity index is 1.91. The Hall–Kier alpha value is -0.650. The van der Waals surface area contributed by atoms with Crippen LogP contribution in [0.25, 0.3) is 0 Å². The molecule has 0 amide bonds. The fraction of sp³-hybridized carbons (Fsp3) is 0.933. The number of rotatable bonds is 5. The van der Waals surface area contributed by atoms with Crippen LogP contribution in [0.1, 0.15) is 40.0 Å². The summed E-state index contributed by atoms with van der Waals surface area (Å²) in [4.78, 5) is 14.6. The molecule has 5 nitrogen and oxygen atoms in total. The number of carbonyl (C=O) groups is 1. The first-order valence-electron chi connectivity index (χ1n) is 7.69. The number of nitrogens with zero attached hydrogens (tertiary/aromatic N) is 1. The Labute approximate surface area is 120 Å². The Morgan fingerprint density at radius 1 is 1.35 bits per heavy atom. The summed E-state index contributed by atoms with van der Waals surface area (Å²) < 4.78 is 5.35. The summed E-state index contributed by atoms with van der Waals surface area (Å²) in [5, 5.41) is 20.1. The van der Waals surface area contributed by atoms with E-state index in [1.54, 1.807) is 13.8 Å². The first-order chi connectivity index (χ1) is 9.37. The second kappa shape index (κ2) is 6.00. The summed E-state index contributed by atoms with van der Waals surface area (Å²) in [6.45, 7) is 7.43. The van der Waals surface area contributed by atoms with Gasteiger partial charge < -0.3 is 14.9 Å². The second-order valence-electron chi connectivity index (χ2n) is 6.55. The van der Waals surface area contributed by atoms with Crippen molar-refractivity contribution in [3.05, 3.63) is 0 Å². The fourth-order valence-electron chi connectivity index (χ4n) is 3.57. The van der Waals surface area contributed by atoms with E-state index in [0.29, 0.717) is 18.6 Å². The zero-order valence-electron chi connectivity index (χ0n) is 12.7. The molecule has 5 heteroatoms. The molecule has 0 saturated carbocycles. The van der Waals surface area contributed by atoms with Crippen LogP contribution < -0.4 is 0 Å². The summed E-state index contributed by atoms with van der Waals surface area (Å²) in [6, 6.07) is 0.529. The lowest BCUT2D eigenvalue weighted by atomic mass is 9.85. The maximum absolute atomic E-state index is 12.2. The summed E-state index contributed by atoms with van der Waals surface area (Å²) in [5.74, 6) is -0.715. The lowest BCUT2D eigenvalue weighted by Gasteiger charge is -2.33. The topological polar surface area (TPSA) is 70.0 Å². The Bertz CT molecular complexity index is 348. The van der Waals surface area contributed by atoms with Gasteiger partial charge in [0.15, 0.2) is 5.60 Å². The van der Waals surface area contributed by atoms with Gasteiger partial charge >= 0.3 is 5.97 Å². The first kappa shape index (κ1) is 15.7. The number of hydrogen-bond acceptors (Lipinski definition) is 5. The van der Waals surface area contributed by atoms with Gasteiger partial charge in [0, 0.05) is 12.0 Å². The molecule has 0 aromatic rings. The lowest BCUT2D eigenvalue weighted by molar-refractivity contribution is -0.186. The molecule has 2 saturated heterocycles. The molecule has 0 unspecified atom stereocenters. The van der Waals surface area contributed by atoms with Gasteiger partial charge in [-0.05, 0) is 45.2 Å². The van der Waals surface area contributed by atoms with E-state index < -0.39 is 17.7 Å². The molecule has 0 aliphatic carbocycles. The molecule has 2 rings (SSSR count). The van der Waals surface area contributed by atoms with E-state index in [4.69, 9.17) is 4.74 Å². The van der Waals surface area contributed by atoms with Crippen molar-refractivity contribution in [1.29, 1.82) is 0 Å². The quantitative estimate of drug-likeness (QED) is 0.731. The molecule has 0 aromatic carbocycles. The number of esters is 1. The van der Waals surface area contributed by atoms with E-state index in [9.17, 15) is 15.0 Å². The minimum Gasteiger partial charge on any atom is -0.463 e. The molecule has 4 atom stereocenters. The average Bonchev–Trinajstić information content (AvgIpc) is 2.97. The summed E-state index contributed by atoms with van der Waals surface area (Å²) >= 11 is 0. The maximum atomic E-state index is 12.2. The SMILES string of the molecule is CC(C)[C@@](O)(C(=O)OC[C@@H]1CCN2CCC[C@@H]12)[C@H](C)O. The van der Waals surface area contributed by atoms with Crippen molar-refractivity contribution >= 4 is 5.97 Å². The van der Waals surface area contributed by atoms with Crippen molar-refractivity contribution < 1.29 is 19.7 Å². The van der Waals surface area contributed by atoms with Gasteiger partial charge in [-0.3, -0.25) is 4.90 Å². The van der Waals surface area contributed by atoms with Crippen molar-refractivity contribution in [3.63, 3.8) is 0 Å². The minimum absolute atomic E-state index is 0.349. The van der Waals surface area contributed by atoms with Gasteiger partial charge in [-0.1, -0.05) is 13.8 Å². The number of carbonyl (C=O) groups excluding carboxylic acids is 1. The Morgan fingerprint density at radius 3 is 2.65 bits per heavy atom. The fourth-order valence-corrected chi connectivity index (χ4v) is 3.57. The highest BCUT2D eigenvalue weighted by Gasteiger charge is 2.46. The smallest absolute Gasteiger partial charge is 0.341 e. The van der Waals surface area contributed by atoms with E-state index in [-0.39, 0.29) is 5.92 Å². The minimum atomic E-state index is -1.81. The predicted octanol–water partition coefficient (Wildman–Crippen LogP) is 0.782.